The van der Waals surface area contributed by atoms with Crippen molar-refractivity contribution < 1.29 is 22.9 Å². The predicted octanol–water partition coefficient (Wildman–Crippen LogP) is 3.77. The molecular weight excluding hydrogens is 425 g/mol. The first-order valence-corrected chi connectivity index (χ1v) is 10.2. The fourth-order valence-corrected chi connectivity index (χ4v) is 3.55. The van der Waals surface area contributed by atoms with Gasteiger partial charge in [0.15, 0.2) is 0 Å². The highest BCUT2D eigenvalue weighted by molar-refractivity contribution is 9.10. The minimum atomic E-state index is -1.56. The van der Waals surface area contributed by atoms with Crippen LogP contribution in [-0.4, -0.2) is 27.3 Å². The molecule has 26 heavy (non-hydrogen) atoms. The number of hydrogen-bond donors (Lipinski definition) is 1. The van der Waals surface area contributed by atoms with E-state index in [0.29, 0.717) is 4.47 Å². The fourth-order valence-electron chi connectivity index (χ4n) is 2.29. The fraction of sp³-hybridized carbons (Fsp3) is 0.556. The van der Waals surface area contributed by atoms with Crippen molar-refractivity contribution in [1.82, 2.24) is 4.72 Å². The van der Waals surface area contributed by atoms with E-state index in [2.05, 4.69) is 20.7 Å². The van der Waals surface area contributed by atoms with Crippen LogP contribution < -0.4 is 4.72 Å². The van der Waals surface area contributed by atoms with Crippen LogP contribution in [0.3, 0.4) is 0 Å². The Labute approximate surface area is 164 Å². The molecule has 0 amide bonds. The van der Waals surface area contributed by atoms with E-state index in [0.717, 1.165) is 0 Å². The summed E-state index contributed by atoms with van der Waals surface area (Å²) in [6, 6.07) is 4.36. The van der Waals surface area contributed by atoms with Crippen molar-refractivity contribution in [3.8, 4) is 0 Å². The molecule has 0 bridgehead atoms. The third-order valence-corrected chi connectivity index (χ3v) is 5.84. The first-order valence-electron chi connectivity index (χ1n) is 8.21. The maximum atomic E-state index is 14.5. The number of ketones is 1. The normalized spacial score (nSPS) is 15.2. The standard InChI is InChI=1S/C18H25BrFNO4S/c1-6-25-16(23)10-13(22)11-18(5,21-26(24)17(2,3)4)14-9-12(19)7-8-15(14)20/h7-9,21H,6,10-11H2,1-5H3/t18-,26+/m0/s1. The number of hydrogen-bond acceptors (Lipinski definition) is 4. The second kappa shape index (κ2) is 9.19. The van der Waals surface area contributed by atoms with Crippen molar-refractivity contribution in [1.29, 1.82) is 0 Å². The largest absolute Gasteiger partial charge is 0.466 e. The van der Waals surface area contributed by atoms with Gasteiger partial charge in [-0.1, -0.05) is 15.9 Å². The van der Waals surface area contributed by atoms with E-state index in [-0.39, 0.29) is 18.6 Å². The molecule has 0 aromatic heterocycles. The molecule has 1 aromatic carbocycles. The number of Topliss-reactive ketones (excluding diaryl/α,β-unsaturated/α-hetero) is 1. The highest BCUT2D eigenvalue weighted by Crippen LogP contribution is 2.32. The van der Waals surface area contributed by atoms with Gasteiger partial charge in [0.1, 0.15) is 18.0 Å². The van der Waals surface area contributed by atoms with E-state index in [4.69, 9.17) is 4.74 Å². The Hall–Kier alpha value is -1.12. The quantitative estimate of drug-likeness (QED) is 0.484. The summed E-state index contributed by atoms with van der Waals surface area (Å²) in [5.41, 5.74) is -1.06. The number of ether oxygens (including phenoxy) is 1. The molecule has 0 radical (unpaired) electrons. The zero-order valence-corrected chi connectivity index (χ0v) is 18.1. The smallest absolute Gasteiger partial charge is 0.313 e. The molecule has 8 heteroatoms. The Morgan fingerprint density at radius 1 is 1.27 bits per heavy atom. The van der Waals surface area contributed by atoms with Crippen LogP contribution in [0, 0.1) is 5.82 Å². The SMILES string of the molecule is CCOC(=O)CC(=O)C[C@](C)(N[S@](=O)C(C)(C)C)c1cc(Br)ccc1F. The molecule has 0 unspecified atom stereocenters. The molecule has 0 aliphatic rings. The van der Waals surface area contributed by atoms with Crippen LogP contribution >= 0.6 is 15.9 Å². The first-order chi connectivity index (χ1) is 11.9. The number of carbonyl (C=O) groups excluding carboxylic acids is 2. The summed E-state index contributed by atoms with van der Waals surface area (Å²) in [5, 5.41) is 0. The maximum Gasteiger partial charge on any atom is 0.313 e. The molecule has 0 heterocycles. The number of benzene rings is 1. The maximum absolute atomic E-state index is 14.5. The molecule has 0 aliphatic carbocycles. The van der Waals surface area contributed by atoms with Gasteiger partial charge in [0, 0.05) is 16.5 Å². The predicted molar refractivity (Wildman–Crippen MR) is 103 cm³/mol. The molecule has 2 atom stereocenters. The minimum absolute atomic E-state index is 0.177. The molecule has 1 N–H and O–H groups in total. The van der Waals surface area contributed by atoms with Crippen LogP contribution in [0.15, 0.2) is 22.7 Å². The molecule has 1 rings (SSSR count). The van der Waals surface area contributed by atoms with Crippen molar-refractivity contribution in [3.63, 3.8) is 0 Å². The summed E-state index contributed by atoms with van der Waals surface area (Å²) in [7, 11) is -1.56. The van der Waals surface area contributed by atoms with Crippen LogP contribution in [0.1, 0.15) is 53.0 Å². The van der Waals surface area contributed by atoms with Gasteiger partial charge in [-0.25, -0.2) is 13.3 Å². The van der Waals surface area contributed by atoms with Crippen molar-refractivity contribution in [3.05, 3.63) is 34.1 Å². The lowest BCUT2D eigenvalue weighted by Gasteiger charge is -2.33. The third kappa shape index (κ3) is 6.55. The summed E-state index contributed by atoms with van der Waals surface area (Å²) < 4.78 is 34.8. The summed E-state index contributed by atoms with van der Waals surface area (Å²) in [6.07, 6.45) is -0.621. The molecule has 146 valence electrons. The number of rotatable bonds is 8. The molecule has 5 nitrogen and oxygen atoms in total. The summed E-state index contributed by atoms with van der Waals surface area (Å²) in [4.78, 5) is 23.9. The van der Waals surface area contributed by atoms with E-state index in [1.807, 2.05) is 0 Å². The average molecular weight is 450 g/mol. The topological polar surface area (TPSA) is 72.5 Å². The Morgan fingerprint density at radius 2 is 1.88 bits per heavy atom. The van der Waals surface area contributed by atoms with E-state index < -0.39 is 45.3 Å². The number of carbonyl (C=O) groups is 2. The summed E-state index contributed by atoms with van der Waals surface area (Å²) in [6.45, 7) is 8.74. The molecule has 0 spiro atoms. The molecule has 0 saturated carbocycles. The zero-order valence-electron chi connectivity index (χ0n) is 15.7. The highest BCUT2D eigenvalue weighted by Gasteiger charge is 2.37. The second-order valence-corrected chi connectivity index (χ2v) is 10.0. The van der Waals surface area contributed by atoms with Gasteiger partial charge in [-0.15, -0.1) is 0 Å². The molecule has 0 fully saturated rings. The van der Waals surface area contributed by atoms with Crippen LogP contribution in [0.4, 0.5) is 4.39 Å². The van der Waals surface area contributed by atoms with Gasteiger partial charge in [0.05, 0.1) is 27.9 Å². The van der Waals surface area contributed by atoms with E-state index in [1.54, 1.807) is 46.8 Å². The minimum Gasteiger partial charge on any atom is -0.466 e. The van der Waals surface area contributed by atoms with Gasteiger partial charge in [-0.05, 0) is 52.8 Å². The lowest BCUT2D eigenvalue weighted by Crippen LogP contribution is -2.48. The van der Waals surface area contributed by atoms with E-state index in [9.17, 15) is 18.2 Å². The molecule has 0 aliphatic heterocycles. The Balaban J connectivity index is 3.21. The lowest BCUT2D eigenvalue weighted by atomic mass is 9.87. The van der Waals surface area contributed by atoms with Gasteiger partial charge < -0.3 is 4.74 Å². The second-order valence-electron chi connectivity index (χ2n) is 7.14. The average Bonchev–Trinajstić information content (AvgIpc) is 2.48. The van der Waals surface area contributed by atoms with Crippen molar-refractivity contribution in [2.24, 2.45) is 0 Å². The number of nitrogens with one attached hydrogen (secondary N) is 1. The van der Waals surface area contributed by atoms with Crippen LogP contribution in [0.2, 0.25) is 0 Å². The van der Waals surface area contributed by atoms with Crippen molar-refractivity contribution in [2.75, 3.05) is 6.61 Å². The van der Waals surface area contributed by atoms with Crippen LogP contribution in [0.5, 0.6) is 0 Å². The summed E-state index contributed by atoms with van der Waals surface area (Å²) >= 11 is 3.29. The van der Waals surface area contributed by atoms with Gasteiger partial charge in [-0.3, -0.25) is 9.59 Å². The molecular formula is C18H25BrFNO4S. The highest BCUT2D eigenvalue weighted by atomic mass is 79.9. The van der Waals surface area contributed by atoms with Crippen LogP contribution in [0.25, 0.3) is 0 Å². The number of halogens is 2. The Kier molecular flexibility index (Phi) is 8.10. The first kappa shape index (κ1) is 22.9. The Morgan fingerprint density at radius 3 is 2.42 bits per heavy atom. The molecule has 1 aromatic rings. The summed E-state index contributed by atoms with van der Waals surface area (Å²) in [5.74, 6) is -1.59. The van der Waals surface area contributed by atoms with Gasteiger partial charge in [-0.2, -0.15) is 0 Å². The molecule has 0 saturated heterocycles. The van der Waals surface area contributed by atoms with Crippen molar-refractivity contribution in [2.45, 2.75) is 57.7 Å². The van der Waals surface area contributed by atoms with Gasteiger partial charge in [0.25, 0.3) is 0 Å². The zero-order chi connectivity index (χ0) is 20.1. The van der Waals surface area contributed by atoms with Gasteiger partial charge >= 0.3 is 5.97 Å². The van der Waals surface area contributed by atoms with E-state index >= 15 is 0 Å². The van der Waals surface area contributed by atoms with E-state index in [1.165, 1.54) is 6.07 Å². The number of esters is 1. The third-order valence-electron chi connectivity index (χ3n) is 3.59. The Bertz CT molecular complexity index is 705. The van der Waals surface area contributed by atoms with Crippen LogP contribution in [-0.2, 0) is 30.9 Å². The van der Waals surface area contributed by atoms with Gasteiger partial charge in [0.2, 0.25) is 0 Å². The van der Waals surface area contributed by atoms with Crippen molar-refractivity contribution >= 4 is 38.7 Å². The monoisotopic (exact) mass is 449 g/mol. The lowest BCUT2D eigenvalue weighted by molar-refractivity contribution is -0.145.